The van der Waals surface area contributed by atoms with E-state index in [-0.39, 0.29) is 12.5 Å². The second-order valence-corrected chi connectivity index (χ2v) is 6.89. The number of carbonyl (C=O) groups is 2. The van der Waals surface area contributed by atoms with Gasteiger partial charge in [-0.15, -0.1) is 0 Å². The van der Waals surface area contributed by atoms with E-state index in [1.807, 2.05) is 34.9 Å². The Balaban J connectivity index is 1.51. The molecule has 0 unspecified atom stereocenters. The van der Waals surface area contributed by atoms with E-state index in [4.69, 9.17) is 5.11 Å². The van der Waals surface area contributed by atoms with E-state index in [2.05, 4.69) is 11.0 Å². The first-order valence-electron chi connectivity index (χ1n) is 9.15. The van der Waals surface area contributed by atoms with Crippen LogP contribution in [0.5, 0.6) is 0 Å². The van der Waals surface area contributed by atoms with Gasteiger partial charge in [0, 0.05) is 31.4 Å². The molecule has 136 valence electrons. The Kier molecular flexibility index (Phi) is 5.71. The molecule has 2 heterocycles. The highest BCUT2D eigenvalue weighted by Crippen LogP contribution is 2.27. The van der Waals surface area contributed by atoms with Crippen LogP contribution in [0.4, 0.5) is 5.69 Å². The summed E-state index contributed by atoms with van der Waals surface area (Å²) in [4.78, 5) is 29.8. The minimum absolute atomic E-state index is 0.102. The molecule has 0 saturated carbocycles. The van der Waals surface area contributed by atoms with Gasteiger partial charge in [0.05, 0.1) is 13.1 Å². The summed E-state index contributed by atoms with van der Waals surface area (Å²) < 4.78 is 0. The molecule has 6 heteroatoms. The van der Waals surface area contributed by atoms with Crippen molar-refractivity contribution in [3.8, 4) is 0 Å². The minimum atomic E-state index is -0.771. The maximum absolute atomic E-state index is 12.7. The molecule has 1 aromatic rings. The SMILES string of the molecule is CCN(CC(=O)O)C1CCN(CC(=O)N2CCc3ccccc32)CC1. The van der Waals surface area contributed by atoms with Crippen LogP contribution in [-0.2, 0) is 16.0 Å². The molecule has 3 rings (SSSR count). The van der Waals surface area contributed by atoms with Crippen LogP contribution in [0.2, 0.25) is 0 Å². The molecule has 1 fully saturated rings. The van der Waals surface area contributed by atoms with E-state index in [1.54, 1.807) is 0 Å². The Morgan fingerprint density at radius 2 is 1.92 bits per heavy atom. The third-order valence-electron chi connectivity index (χ3n) is 5.37. The highest BCUT2D eigenvalue weighted by atomic mass is 16.4. The molecule has 0 radical (unpaired) electrons. The van der Waals surface area contributed by atoms with Crippen molar-refractivity contribution in [2.24, 2.45) is 0 Å². The number of hydrogen-bond donors (Lipinski definition) is 1. The first-order chi connectivity index (χ1) is 12.1. The largest absolute Gasteiger partial charge is 0.480 e. The number of amides is 1. The van der Waals surface area contributed by atoms with Crippen molar-refractivity contribution < 1.29 is 14.7 Å². The van der Waals surface area contributed by atoms with Crippen LogP contribution in [0.1, 0.15) is 25.3 Å². The van der Waals surface area contributed by atoms with Gasteiger partial charge in [0.1, 0.15) is 0 Å². The number of hydrogen-bond acceptors (Lipinski definition) is 4. The number of piperidine rings is 1. The lowest BCUT2D eigenvalue weighted by Crippen LogP contribution is -2.49. The summed E-state index contributed by atoms with van der Waals surface area (Å²) in [5.74, 6) is -0.603. The fraction of sp³-hybridized carbons (Fsp3) is 0.579. The summed E-state index contributed by atoms with van der Waals surface area (Å²) in [6.07, 6.45) is 2.78. The van der Waals surface area contributed by atoms with Crippen LogP contribution in [0.3, 0.4) is 0 Å². The summed E-state index contributed by atoms with van der Waals surface area (Å²) in [5, 5.41) is 9.02. The quantitative estimate of drug-likeness (QED) is 0.845. The van der Waals surface area contributed by atoms with Gasteiger partial charge in [0.2, 0.25) is 5.91 Å². The number of likely N-dealkylation sites (tertiary alicyclic amines) is 1. The Morgan fingerprint density at radius 1 is 1.20 bits per heavy atom. The van der Waals surface area contributed by atoms with Gasteiger partial charge in [0.15, 0.2) is 0 Å². The van der Waals surface area contributed by atoms with Crippen molar-refractivity contribution >= 4 is 17.6 Å². The van der Waals surface area contributed by atoms with E-state index in [9.17, 15) is 9.59 Å². The molecule has 0 aromatic heterocycles. The van der Waals surface area contributed by atoms with Crippen LogP contribution in [0.15, 0.2) is 24.3 Å². The second kappa shape index (κ2) is 7.97. The molecule has 0 atom stereocenters. The topological polar surface area (TPSA) is 64.1 Å². The standard InChI is InChI=1S/C19H27N3O3/c1-2-21(14-19(24)25)16-8-10-20(11-9-16)13-18(23)22-12-7-15-5-3-4-6-17(15)22/h3-6,16H,2,7-14H2,1H3,(H,24,25). The Hall–Kier alpha value is -1.92. The van der Waals surface area contributed by atoms with E-state index in [1.165, 1.54) is 5.56 Å². The Morgan fingerprint density at radius 3 is 2.60 bits per heavy atom. The maximum atomic E-state index is 12.7. The number of likely N-dealkylation sites (N-methyl/N-ethyl adjacent to an activating group) is 1. The average Bonchev–Trinajstić information content (AvgIpc) is 3.04. The molecular weight excluding hydrogens is 318 g/mol. The Labute approximate surface area is 149 Å². The molecule has 0 aliphatic carbocycles. The fourth-order valence-electron chi connectivity index (χ4n) is 3.99. The lowest BCUT2D eigenvalue weighted by molar-refractivity contribution is -0.139. The molecule has 2 aliphatic rings. The van der Waals surface area contributed by atoms with Gasteiger partial charge in [-0.3, -0.25) is 19.4 Å². The van der Waals surface area contributed by atoms with Crippen molar-refractivity contribution in [2.75, 3.05) is 44.2 Å². The van der Waals surface area contributed by atoms with Crippen molar-refractivity contribution in [1.29, 1.82) is 0 Å². The lowest BCUT2D eigenvalue weighted by atomic mass is 10.0. The van der Waals surface area contributed by atoms with Gasteiger partial charge in [0.25, 0.3) is 0 Å². The number of para-hydroxylation sites is 1. The summed E-state index contributed by atoms with van der Waals surface area (Å²) in [7, 11) is 0. The number of fused-ring (bicyclic) bond motifs is 1. The molecule has 2 aliphatic heterocycles. The van der Waals surface area contributed by atoms with Crippen molar-refractivity contribution in [3.63, 3.8) is 0 Å². The zero-order chi connectivity index (χ0) is 17.8. The van der Waals surface area contributed by atoms with Gasteiger partial charge >= 0.3 is 5.97 Å². The molecule has 6 nitrogen and oxygen atoms in total. The van der Waals surface area contributed by atoms with Gasteiger partial charge in [-0.2, -0.15) is 0 Å². The monoisotopic (exact) mass is 345 g/mol. The van der Waals surface area contributed by atoms with E-state index in [0.29, 0.717) is 12.6 Å². The van der Waals surface area contributed by atoms with Crippen LogP contribution >= 0.6 is 0 Å². The number of carbonyl (C=O) groups excluding carboxylic acids is 1. The smallest absolute Gasteiger partial charge is 0.317 e. The number of anilines is 1. The van der Waals surface area contributed by atoms with Crippen LogP contribution < -0.4 is 4.90 Å². The van der Waals surface area contributed by atoms with E-state index >= 15 is 0 Å². The van der Waals surface area contributed by atoms with Crippen LogP contribution in [-0.4, -0.2) is 72.1 Å². The van der Waals surface area contributed by atoms with Gasteiger partial charge in [-0.25, -0.2) is 0 Å². The molecule has 1 N–H and O–H groups in total. The lowest BCUT2D eigenvalue weighted by Gasteiger charge is -2.37. The number of nitrogens with zero attached hydrogens (tertiary/aromatic N) is 3. The van der Waals surface area contributed by atoms with Gasteiger partial charge in [-0.1, -0.05) is 25.1 Å². The summed E-state index contributed by atoms with van der Waals surface area (Å²) >= 11 is 0. The van der Waals surface area contributed by atoms with E-state index < -0.39 is 5.97 Å². The third kappa shape index (κ3) is 4.19. The van der Waals surface area contributed by atoms with Crippen molar-refractivity contribution in [2.45, 2.75) is 32.2 Å². The molecular formula is C19H27N3O3. The maximum Gasteiger partial charge on any atom is 0.317 e. The zero-order valence-corrected chi connectivity index (χ0v) is 14.9. The van der Waals surface area contributed by atoms with Gasteiger partial charge in [-0.05, 0) is 37.4 Å². The number of carboxylic acids is 1. The molecule has 0 spiro atoms. The summed E-state index contributed by atoms with van der Waals surface area (Å²) in [6, 6.07) is 8.43. The van der Waals surface area contributed by atoms with E-state index in [0.717, 1.165) is 51.1 Å². The first kappa shape index (κ1) is 17.9. The third-order valence-corrected chi connectivity index (χ3v) is 5.37. The number of carboxylic acid groups (broad SMARTS) is 1. The molecule has 1 amide bonds. The average molecular weight is 345 g/mol. The van der Waals surface area contributed by atoms with Crippen molar-refractivity contribution in [1.82, 2.24) is 9.80 Å². The normalized spacial score (nSPS) is 18.6. The predicted molar refractivity (Wildman–Crippen MR) is 96.8 cm³/mol. The molecule has 25 heavy (non-hydrogen) atoms. The second-order valence-electron chi connectivity index (χ2n) is 6.89. The molecule has 0 bridgehead atoms. The van der Waals surface area contributed by atoms with Crippen molar-refractivity contribution in [3.05, 3.63) is 29.8 Å². The highest BCUT2D eigenvalue weighted by Gasteiger charge is 2.29. The predicted octanol–water partition coefficient (Wildman–Crippen LogP) is 1.45. The fourth-order valence-corrected chi connectivity index (χ4v) is 3.99. The number of rotatable bonds is 6. The first-order valence-corrected chi connectivity index (χ1v) is 9.15. The summed E-state index contributed by atoms with van der Waals surface area (Å²) in [5.41, 5.74) is 2.31. The van der Waals surface area contributed by atoms with Crippen LogP contribution in [0, 0.1) is 0 Å². The summed E-state index contributed by atoms with van der Waals surface area (Å²) in [6.45, 7) is 5.78. The highest BCUT2D eigenvalue weighted by molar-refractivity contribution is 5.96. The number of aliphatic carboxylic acids is 1. The molecule has 1 saturated heterocycles. The zero-order valence-electron chi connectivity index (χ0n) is 14.9. The number of benzene rings is 1. The van der Waals surface area contributed by atoms with Crippen LogP contribution in [0.25, 0.3) is 0 Å². The minimum Gasteiger partial charge on any atom is -0.480 e. The Bertz CT molecular complexity index is 626. The van der Waals surface area contributed by atoms with Gasteiger partial charge < -0.3 is 10.0 Å². The molecule has 1 aromatic carbocycles.